The molecule has 0 aromatic heterocycles. The average molecular weight is 319 g/mol. The summed E-state index contributed by atoms with van der Waals surface area (Å²) in [5.74, 6) is 0. The van der Waals surface area contributed by atoms with E-state index in [4.69, 9.17) is 9.47 Å². The van der Waals surface area contributed by atoms with Crippen LogP contribution < -0.4 is 0 Å². The summed E-state index contributed by atoms with van der Waals surface area (Å²) in [6.45, 7) is 3.10. The largest absolute Gasteiger partial charge is 0.348 e. The number of hydrogen-bond donors (Lipinski definition) is 0. The Morgan fingerprint density at radius 2 is 1.52 bits per heavy atom. The van der Waals surface area contributed by atoms with Gasteiger partial charge in [0.1, 0.15) is 0 Å². The van der Waals surface area contributed by atoms with Crippen molar-refractivity contribution in [3.8, 4) is 0 Å². The highest BCUT2D eigenvalue weighted by molar-refractivity contribution is 5.16. The van der Waals surface area contributed by atoms with Crippen molar-refractivity contribution in [2.75, 3.05) is 6.61 Å². The van der Waals surface area contributed by atoms with Crippen molar-refractivity contribution in [2.45, 2.75) is 89.9 Å². The Bertz CT molecular complexity index is 390. The van der Waals surface area contributed by atoms with Gasteiger partial charge in [0.2, 0.25) is 0 Å². The van der Waals surface area contributed by atoms with Crippen molar-refractivity contribution in [2.24, 2.45) is 0 Å². The second kappa shape index (κ2) is 11.6. The predicted molar refractivity (Wildman–Crippen MR) is 96.5 cm³/mol. The van der Waals surface area contributed by atoms with Crippen LogP contribution in [-0.2, 0) is 9.47 Å². The zero-order chi connectivity index (χ0) is 16.2. The van der Waals surface area contributed by atoms with Gasteiger partial charge in [-0.15, -0.1) is 0 Å². The number of benzene rings is 1. The molecule has 1 aliphatic heterocycles. The van der Waals surface area contributed by atoms with Gasteiger partial charge < -0.3 is 9.47 Å². The summed E-state index contributed by atoms with van der Waals surface area (Å²) in [4.78, 5) is 0. The highest BCUT2D eigenvalue weighted by Crippen LogP contribution is 2.28. The Balaban J connectivity index is 1.52. The predicted octanol–water partition coefficient (Wildman–Crippen LogP) is 6.41. The molecule has 1 aromatic rings. The van der Waals surface area contributed by atoms with Crippen molar-refractivity contribution in [1.29, 1.82) is 0 Å². The molecular weight excluding hydrogens is 284 g/mol. The first-order chi connectivity index (χ1) is 11.4. The van der Waals surface area contributed by atoms with Gasteiger partial charge in [0, 0.05) is 5.56 Å². The van der Waals surface area contributed by atoms with Crippen LogP contribution in [0.4, 0.5) is 0 Å². The van der Waals surface area contributed by atoms with Crippen LogP contribution in [0.15, 0.2) is 30.3 Å². The van der Waals surface area contributed by atoms with Crippen molar-refractivity contribution in [3.05, 3.63) is 35.9 Å². The number of rotatable bonds is 11. The minimum atomic E-state index is -0.159. The summed E-state index contributed by atoms with van der Waals surface area (Å²) in [5, 5.41) is 0. The third-order valence-electron chi connectivity index (χ3n) is 4.73. The van der Waals surface area contributed by atoms with Crippen molar-refractivity contribution >= 4 is 0 Å². The molecule has 2 nitrogen and oxygen atoms in total. The van der Waals surface area contributed by atoms with Crippen LogP contribution in [0.5, 0.6) is 0 Å². The molecule has 1 aromatic carbocycles. The number of hydrogen-bond acceptors (Lipinski definition) is 2. The fraction of sp³-hybridized carbons (Fsp3) is 0.714. The monoisotopic (exact) mass is 318 g/mol. The van der Waals surface area contributed by atoms with Crippen molar-refractivity contribution in [3.63, 3.8) is 0 Å². The topological polar surface area (TPSA) is 18.5 Å². The molecule has 0 spiro atoms. The lowest BCUT2D eigenvalue weighted by molar-refractivity contribution is -0.218. The van der Waals surface area contributed by atoms with Gasteiger partial charge in [0.05, 0.1) is 12.7 Å². The standard InChI is InChI=1S/C21H34O2/c1-2-3-4-5-6-7-8-9-13-16-20-17-18-22-21(23-20)19-14-11-10-12-15-19/h10-12,14-15,20-21H,2-9,13,16-18H2,1H3/t20-,21+/m1/s1. The van der Waals surface area contributed by atoms with E-state index >= 15 is 0 Å². The number of ether oxygens (including phenoxy) is 2. The van der Waals surface area contributed by atoms with Gasteiger partial charge in [0.15, 0.2) is 6.29 Å². The van der Waals surface area contributed by atoms with Crippen LogP contribution in [-0.4, -0.2) is 12.7 Å². The van der Waals surface area contributed by atoms with Crippen LogP contribution in [0.25, 0.3) is 0 Å². The average Bonchev–Trinajstić information content (AvgIpc) is 2.61. The summed E-state index contributed by atoms with van der Waals surface area (Å²) >= 11 is 0. The van der Waals surface area contributed by atoms with Crippen LogP contribution in [0.2, 0.25) is 0 Å². The van der Waals surface area contributed by atoms with Crippen LogP contribution in [0, 0.1) is 0 Å². The lowest BCUT2D eigenvalue weighted by atomic mass is 10.0. The third-order valence-corrected chi connectivity index (χ3v) is 4.73. The molecule has 1 heterocycles. The molecule has 1 fully saturated rings. The van der Waals surface area contributed by atoms with E-state index in [0.29, 0.717) is 6.10 Å². The molecule has 2 rings (SSSR count). The molecular formula is C21H34O2. The first-order valence-electron chi connectivity index (χ1n) is 9.72. The smallest absolute Gasteiger partial charge is 0.184 e. The van der Waals surface area contributed by atoms with E-state index in [-0.39, 0.29) is 6.29 Å². The Hall–Kier alpha value is -0.860. The van der Waals surface area contributed by atoms with Gasteiger partial charge in [-0.05, 0) is 12.8 Å². The maximum absolute atomic E-state index is 6.12. The molecule has 23 heavy (non-hydrogen) atoms. The molecule has 0 N–H and O–H groups in total. The fourth-order valence-corrected chi connectivity index (χ4v) is 3.27. The lowest BCUT2D eigenvalue weighted by Gasteiger charge is -2.30. The van der Waals surface area contributed by atoms with E-state index in [1.165, 1.54) is 64.2 Å². The molecule has 0 saturated carbocycles. The fourth-order valence-electron chi connectivity index (χ4n) is 3.27. The molecule has 0 aliphatic carbocycles. The molecule has 1 saturated heterocycles. The maximum atomic E-state index is 6.12. The summed E-state index contributed by atoms with van der Waals surface area (Å²) < 4.78 is 11.9. The van der Waals surface area contributed by atoms with Gasteiger partial charge in [-0.2, -0.15) is 0 Å². The Labute approximate surface area is 142 Å². The summed E-state index contributed by atoms with van der Waals surface area (Å²) in [5.41, 5.74) is 1.14. The van der Waals surface area contributed by atoms with E-state index in [1.54, 1.807) is 0 Å². The first kappa shape index (κ1) is 18.5. The second-order valence-electron chi connectivity index (χ2n) is 6.78. The zero-order valence-electron chi connectivity index (χ0n) is 14.8. The van der Waals surface area contributed by atoms with Crippen molar-refractivity contribution < 1.29 is 9.47 Å². The summed E-state index contributed by atoms with van der Waals surface area (Å²) in [6.07, 6.45) is 14.9. The molecule has 0 unspecified atom stereocenters. The quantitative estimate of drug-likeness (QED) is 0.439. The van der Waals surface area contributed by atoms with Crippen LogP contribution >= 0.6 is 0 Å². The minimum absolute atomic E-state index is 0.159. The molecule has 2 heteroatoms. The SMILES string of the molecule is CCCCCCCCCCC[C@@H]1CCO[C@H](c2ccccc2)O1. The summed E-state index contributed by atoms with van der Waals surface area (Å²) in [7, 11) is 0. The highest BCUT2D eigenvalue weighted by atomic mass is 16.7. The van der Waals surface area contributed by atoms with Crippen molar-refractivity contribution in [1.82, 2.24) is 0 Å². The molecule has 0 amide bonds. The molecule has 0 bridgehead atoms. The minimum Gasteiger partial charge on any atom is -0.348 e. The van der Waals surface area contributed by atoms with Gasteiger partial charge in [0.25, 0.3) is 0 Å². The molecule has 130 valence electrons. The first-order valence-corrected chi connectivity index (χ1v) is 9.72. The normalized spacial score (nSPS) is 21.4. The van der Waals surface area contributed by atoms with Crippen LogP contribution in [0.1, 0.15) is 89.4 Å². The highest BCUT2D eigenvalue weighted by Gasteiger charge is 2.23. The van der Waals surface area contributed by atoms with Gasteiger partial charge in [-0.25, -0.2) is 0 Å². The van der Waals surface area contributed by atoms with Gasteiger partial charge >= 0.3 is 0 Å². The third kappa shape index (κ3) is 7.50. The van der Waals surface area contributed by atoms with E-state index in [0.717, 1.165) is 18.6 Å². The van der Waals surface area contributed by atoms with E-state index < -0.39 is 0 Å². The molecule has 0 radical (unpaired) electrons. The van der Waals surface area contributed by atoms with Gasteiger partial charge in [-0.1, -0.05) is 95.0 Å². The van der Waals surface area contributed by atoms with Gasteiger partial charge in [-0.3, -0.25) is 0 Å². The Morgan fingerprint density at radius 3 is 2.22 bits per heavy atom. The Morgan fingerprint density at radius 1 is 0.870 bits per heavy atom. The Kier molecular flexibility index (Phi) is 9.35. The zero-order valence-corrected chi connectivity index (χ0v) is 14.8. The summed E-state index contributed by atoms with van der Waals surface area (Å²) in [6, 6.07) is 10.3. The van der Waals surface area contributed by atoms with Crippen LogP contribution in [0.3, 0.4) is 0 Å². The molecule has 2 atom stereocenters. The number of unbranched alkanes of at least 4 members (excludes halogenated alkanes) is 8. The van der Waals surface area contributed by atoms with E-state index in [1.807, 2.05) is 18.2 Å². The second-order valence-corrected chi connectivity index (χ2v) is 6.78. The lowest BCUT2D eigenvalue weighted by Crippen LogP contribution is -2.26. The maximum Gasteiger partial charge on any atom is 0.184 e. The molecule has 1 aliphatic rings. The van der Waals surface area contributed by atoms with E-state index in [2.05, 4.69) is 19.1 Å². The van der Waals surface area contributed by atoms with E-state index in [9.17, 15) is 0 Å².